The molecule has 0 aliphatic rings. The van der Waals surface area contributed by atoms with Gasteiger partial charge in [-0.15, -0.1) is 0 Å². The summed E-state index contributed by atoms with van der Waals surface area (Å²) in [6.07, 6.45) is 2.79. The molecule has 1 heterocycles. The van der Waals surface area contributed by atoms with Crippen molar-refractivity contribution in [1.82, 2.24) is 9.71 Å². The number of anilines is 1. The second-order valence-corrected chi connectivity index (χ2v) is 7.43. The number of nitrogens with one attached hydrogen (secondary N) is 2. The van der Waals surface area contributed by atoms with E-state index in [1.807, 2.05) is 6.07 Å². The van der Waals surface area contributed by atoms with Crippen LogP contribution in [-0.4, -0.2) is 36.8 Å². The summed E-state index contributed by atoms with van der Waals surface area (Å²) in [4.78, 5) is 4.25. The van der Waals surface area contributed by atoms with Crippen LogP contribution in [0.5, 0.6) is 5.75 Å². The number of rotatable bonds is 5. The van der Waals surface area contributed by atoms with Crippen molar-refractivity contribution in [3.8, 4) is 5.75 Å². The lowest BCUT2D eigenvalue weighted by molar-refractivity contribution is 0.476. The molecule has 3 N–H and O–H groups in total. The number of hydrogen-bond acceptors (Lipinski definition) is 5. The van der Waals surface area contributed by atoms with E-state index < -0.39 is 15.6 Å². The van der Waals surface area contributed by atoms with E-state index in [0.717, 1.165) is 17.0 Å². The summed E-state index contributed by atoms with van der Waals surface area (Å²) in [5, 5.41) is 14.4. The highest BCUT2D eigenvalue weighted by molar-refractivity contribution is 7.88. The summed E-state index contributed by atoms with van der Waals surface area (Å²) >= 11 is 0. The van der Waals surface area contributed by atoms with Gasteiger partial charge in [-0.25, -0.2) is 18.1 Å². The van der Waals surface area contributed by atoms with Gasteiger partial charge in [-0.3, -0.25) is 0 Å². The van der Waals surface area contributed by atoms with Gasteiger partial charge < -0.3 is 10.4 Å². The maximum atomic E-state index is 11.3. The quantitative estimate of drug-likeness (QED) is 0.781. The lowest BCUT2D eigenvalue weighted by Gasteiger charge is -2.25. The number of nitrogens with zero attached hydrogens (tertiary/aromatic N) is 1. The Morgan fingerprint density at radius 1 is 1.29 bits per heavy atom. The molecule has 114 valence electrons. The Labute approximate surface area is 124 Å². The van der Waals surface area contributed by atoms with E-state index in [4.69, 9.17) is 0 Å². The fraction of sp³-hybridized carbons (Fsp3) is 0.357. The molecular formula is C14H19N3O3S. The molecule has 21 heavy (non-hydrogen) atoms. The Morgan fingerprint density at radius 3 is 2.67 bits per heavy atom. The normalized spacial score (nSPS) is 12.5. The van der Waals surface area contributed by atoms with Crippen molar-refractivity contribution in [3.63, 3.8) is 0 Å². The lowest BCUT2D eigenvalue weighted by Crippen LogP contribution is -2.47. The third-order valence-electron chi connectivity index (χ3n) is 2.91. The number of aromatic nitrogens is 1. The summed E-state index contributed by atoms with van der Waals surface area (Å²) in [6, 6.07) is 6.89. The highest BCUT2D eigenvalue weighted by Gasteiger charge is 2.22. The largest absolute Gasteiger partial charge is 0.508 e. The fourth-order valence-electron chi connectivity index (χ4n) is 2.14. The minimum atomic E-state index is -3.29. The first-order valence-electron chi connectivity index (χ1n) is 6.47. The number of phenolic OH excluding ortho intramolecular Hbond substituents is 1. The van der Waals surface area contributed by atoms with Crippen molar-refractivity contribution in [2.75, 3.05) is 18.1 Å². The van der Waals surface area contributed by atoms with Crippen LogP contribution in [0.4, 0.5) is 5.82 Å². The van der Waals surface area contributed by atoms with E-state index in [2.05, 4.69) is 15.0 Å². The molecule has 0 radical (unpaired) electrons. The number of pyridine rings is 1. The second-order valence-electron chi connectivity index (χ2n) is 5.68. The van der Waals surface area contributed by atoms with Crippen LogP contribution in [0, 0.1) is 0 Å². The predicted octanol–water partition coefficient (Wildman–Crippen LogP) is 1.68. The van der Waals surface area contributed by atoms with Gasteiger partial charge in [0.25, 0.3) is 0 Å². The molecular weight excluding hydrogens is 290 g/mol. The Balaban J connectivity index is 2.22. The molecule has 0 atom stereocenters. The van der Waals surface area contributed by atoms with E-state index in [1.165, 1.54) is 0 Å². The molecule has 0 saturated heterocycles. The lowest BCUT2D eigenvalue weighted by atomic mass is 10.1. The third kappa shape index (κ3) is 4.30. The highest BCUT2D eigenvalue weighted by atomic mass is 32.2. The minimum Gasteiger partial charge on any atom is -0.508 e. The van der Waals surface area contributed by atoms with Crippen molar-refractivity contribution in [1.29, 1.82) is 0 Å². The molecule has 2 rings (SSSR count). The van der Waals surface area contributed by atoms with Gasteiger partial charge in [0, 0.05) is 23.7 Å². The van der Waals surface area contributed by atoms with Crippen molar-refractivity contribution in [2.24, 2.45) is 0 Å². The zero-order chi connectivity index (χ0) is 15.7. The first-order chi connectivity index (χ1) is 9.66. The number of fused-ring (bicyclic) bond motifs is 1. The smallest absolute Gasteiger partial charge is 0.209 e. The molecule has 6 nitrogen and oxygen atoms in total. The number of sulfonamides is 1. The number of phenols is 1. The van der Waals surface area contributed by atoms with E-state index in [1.54, 1.807) is 38.2 Å². The van der Waals surface area contributed by atoms with Crippen LogP contribution >= 0.6 is 0 Å². The topological polar surface area (TPSA) is 91.3 Å². The minimum absolute atomic E-state index is 0.159. The molecule has 0 aliphatic heterocycles. The van der Waals surface area contributed by atoms with E-state index in [9.17, 15) is 13.5 Å². The number of benzene rings is 1. The molecule has 0 saturated carbocycles. The van der Waals surface area contributed by atoms with E-state index >= 15 is 0 Å². The van der Waals surface area contributed by atoms with Crippen molar-refractivity contribution < 1.29 is 13.5 Å². The van der Waals surface area contributed by atoms with Gasteiger partial charge in [-0.1, -0.05) is 6.07 Å². The molecule has 1 aromatic heterocycles. The number of aromatic hydroxyl groups is 1. The van der Waals surface area contributed by atoms with Gasteiger partial charge >= 0.3 is 0 Å². The Kier molecular flexibility index (Phi) is 4.06. The van der Waals surface area contributed by atoms with Crippen molar-refractivity contribution >= 4 is 26.6 Å². The molecule has 0 bridgehead atoms. The van der Waals surface area contributed by atoms with Crippen molar-refractivity contribution in [3.05, 3.63) is 30.5 Å². The molecule has 0 unspecified atom stereocenters. The van der Waals surface area contributed by atoms with E-state index in [0.29, 0.717) is 12.4 Å². The first kappa shape index (κ1) is 15.5. The fourth-order valence-corrected chi connectivity index (χ4v) is 3.22. The maximum absolute atomic E-state index is 11.3. The molecule has 0 aliphatic carbocycles. The zero-order valence-corrected chi connectivity index (χ0v) is 13.0. The average molecular weight is 309 g/mol. The van der Waals surface area contributed by atoms with Gasteiger partial charge in [0.1, 0.15) is 11.6 Å². The van der Waals surface area contributed by atoms with Gasteiger partial charge in [0.2, 0.25) is 10.0 Å². The summed E-state index contributed by atoms with van der Waals surface area (Å²) in [6.45, 7) is 3.93. The molecule has 7 heteroatoms. The average Bonchev–Trinajstić information content (AvgIpc) is 2.33. The van der Waals surface area contributed by atoms with Gasteiger partial charge in [0.05, 0.1) is 6.26 Å². The highest BCUT2D eigenvalue weighted by Crippen LogP contribution is 2.25. The van der Waals surface area contributed by atoms with E-state index in [-0.39, 0.29) is 5.75 Å². The van der Waals surface area contributed by atoms with Gasteiger partial charge in [0.15, 0.2) is 0 Å². The van der Waals surface area contributed by atoms with Crippen LogP contribution in [0.3, 0.4) is 0 Å². The van der Waals surface area contributed by atoms with Crippen molar-refractivity contribution in [2.45, 2.75) is 19.4 Å². The Bertz CT molecular complexity index is 757. The van der Waals surface area contributed by atoms with Crippen LogP contribution in [0.15, 0.2) is 30.5 Å². The monoisotopic (exact) mass is 309 g/mol. The summed E-state index contributed by atoms with van der Waals surface area (Å²) < 4.78 is 25.2. The summed E-state index contributed by atoms with van der Waals surface area (Å²) in [5.74, 6) is 0.763. The maximum Gasteiger partial charge on any atom is 0.209 e. The first-order valence-corrected chi connectivity index (χ1v) is 8.36. The van der Waals surface area contributed by atoms with Crippen LogP contribution < -0.4 is 10.0 Å². The SMILES string of the molecule is CC(C)(CNc1nccc2ccc(O)cc12)NS(C)(=O)=O. The van der Waals surface area contributed by atoms with Crippen LogP contribution in [-0.2, 0) is 10.0 Å². The second kappa shape index (κ2) is 5.50. The van der Waals surface area contributed by atoms with Crippen LogP contribution in [0.1, 0.15) is 13.8 Å². The predicted molar refractivity (Wildman–Crippen MR) is 84.0 cm³/mol. The molecule has 2 aromatic rings. The van der Waals surface area contributed by atoms with Crippen LogP contribution in [0.2, 0.25) is 0 Å². The summed E-state index contributed by atoms with van der Waals surface area (Å²) in [7, 11) is -3.29. The molecule has 1 aromatic carbocycles. The standard InChI is InChI=1S/C14H19N3O3S/c1-14(2,17-21(3,19)20)9-16-13-12-8-11(18)5-4-10(12)6-7-15-13/h4-8,17-18H,9H2,1-3H3,(H,15,16). The van der Waals surface area contributed by atoms with Crippen LogP contribution in [0.25, 0.3) is 10.8 Å². The Morgan fingerprint density at radius 2 is 2.00 bits per heavy atom. The molecule has 0 spiro atoms. The molecule has 0 amide bonds. The number of hydrogen-bond donors (Lipinski definition) is 3. The van der Waals surface area contributed by atoms with Gasteiger partial charge in [-0.05, 0) is 37.4 Å². The third-order valence-corrected chi connectivity index (χ3v) is 3.83. The summed E-state index contributed by atoms with van der Waals surface area (Å²) in [5.41, 5.74) is -0.658. The Hall–Kier alpha value is -1.86. The zero-order valence-electron chi connectivity index (χ0n) is 12.2. The molecule has 0 fully saturated rings. The van der Waals surface area contributed by atoms with Gasteiger partial charge in [-0.2, -0.15) is 0 Å².